The molecule has 1 aromatic carbocycles. The molecule has 1 aromatic rings. The molecule has 0 radical (unpaired) electrons. The average molecular weight is 229 g/mol. The molecule has 1 aliphatic rings. The second-order valence-corrected chi connectivity index (χ2v) is 4.63. The van der Waals surface area contributed by atoms with E-state index >= 15 is 0 Å². The highest BCUT2D eigenvalue weighted by molar-refractivity contribution is 6.31. The summed E-state index contributed by atoms with van der Waals surface area (Å²) in [6.07, 6.45) is 3.27. The van der Waals surface area contributed by atoms with Crippen molar-refractivity contribution in [3.8, 4) is 0 Å². The lowest BCUT2D eigenvalue weighted by Gasteiger charge is -2.10. The zero-order valence-corrected chi connectivity index (χ0v) is 9.17. The van der Waals surface area contributed by atoms with Crippen molar-refractivity contribution in [2.75, 3.05) is 0 Å². The van der Waals surface area contributed by atoms with Gasteiger partial charge in [0.1, 0.15) is 5.82 Å². The zero-order chi connectivity index (χ0) is 10.8. The summed E-state index contributed by atoms with van der Waals surface area (Å²) in [6, 6.07) is 4.91. The monoisotopic (exact) mass is 228 g/mol. The van der Waals surface area contributed by atoms with Gasteiger partial charge in [0.15, 0.2) is 0 Å². The van der Waals surface area contributed by atoms with E-state index < -0.39 is 0 Å². The Morgan fingerprint density at radius 2 is 2.20 bits per heavy atom. The first-order valence-corrected chi connectivity index (χ1v) is 5.65. The first kappa shape index (κ1) is 10.9. The van der Waals surface area contributed by atoms with Crippen LogP contribution in [0.4, 0.5) is 4.39 Å². The van der Waals surface area contributed by atoms with Crippen LogP contribution in [-0.2, 0) is 6.42 Å². The summed E-state index contributed by atoms with van der Waals surface area (Å²) in [5.41, 5.74) is 0.857. The van der Waals surface area contributed by atoms with Crippen molar-refractivity contribution in [3.63, 3.8) is 0 Å². The van der Waals surface area contributed by atoms with Gasteiger partial charge in [0.25, 0.3) is 0 Å². The first-order valence-electron chi connectivity index (χ1n) is 5.27. The van der Waals surface area contributed by atoms with Crippen LogP contribution in [0.15, 0.2) is 18.2 Å². The highest BCUT2D eigenvalue weighted by Gasteiger charge is 2.23. The van der Waals surface area contributed by atoms with E-state index in [1.165, 1.54) is 6.07 Å². The van der Waals surface area contributed by atoms with E-state index in [0.717, 1.165) is 31.2 Å². The Kier molecular flexibility index (Phi) is 3.27. The van der Waals surface area contributed by atoms with Crippen LogP contribution >= 0.6 is 11.6 Å². The molecule has 15 heavy (non-hydrogen) atoms. The second-order valence-electron chi connectivity index (χ2n) is 4.25. The Hall–Kier alpha value is -0.600. The Morgan fingerprint density at radius 3 is 2.87 bits per heavy atom. The molecular formula is C12H14ClFO. The quantitative estimate of drug-likeness (QED) is 0.824. The van der Waals surface area contributed by atoms with Gasteiger partial charge in [-0.1, -0.05) is 23.7 Å². The van der Waals surface area contributed by atoms with Crippen LogP contribution in [0.2, 0.25) is 5.02 Å². The minimum Gasteiger partial charge on any atom is -0.393 e. The van der Waals surface area contributed by atoms with Crippen LogP contribution in [-0.4, -0.2) is 11.2 Å². The van der Waals surface area contributed by atoms with Gasteiger partial charge in [-0.3, -0.25) is 0 Å². The molecule has 0 saturated heterocycles. The van der Waals surface area contributed by atoms with Crippen LogP contribution in [0, 0.1) is 11.7 Å². The van der Waals surface area contributed by atoms with Gasteiger partial charge in [0, 0.05) is 0 Å². The third-order valence-corrected chi connectivity index (χ3v) is 3.48. The Bertz CT molecular complexity index is 353. The maximum Gasteiger partial charge on any atom is 0.142 e. The van der Waals surface area contributed by atoms with Gasteiger partial charge in [0.2, 0.25) is 0 Å². The molecule has 0 amide bonds. The smallest absolute Gasteiger partial charge is 0.142 e. The summed E-state index contributed by atoms with van der Waals surface area (Å²) in [6.45, 7) is 0. The summed E-state index contributed by atoms with van der Waals surface area (Å²) in [5.74, 6) is 0.0898. The van der Waals surface area contributed by atoms with Crippen molar-refractivity contribution >= 4 is 11.6 Å². The molecule has 1 nitrogen and oxygen atoms in total. The molecule has 1 fully saturated rings. The fraction of sp³-hybridized carbons (Fsp3) is 0.500. The number of aliphatic hydroxyl groups is 1. The lowest BCUT2D eigenvalue weighted by atomic mass is 9.98. The Morgan fingerprint density at radius 1 is 1.40 bits per heavy atom. The number of halogens is 2. The average Bonchev–Trinajstić information content (AvgIpc) is 2.59. The third-order valence-electron chi connectivity index (χ3n) is 3.05. The van der Waals surface area contributed by atoms with Crippen molar-refractivity contribution in [3.05, 3.63) is 34.6 Å². The molecule has 0 aromatic heterocycles. The molecule has 0 heterocycles. The van der Waals surface area contributed by atoms with E-state index in [4.69, 9.17) is 11.6 Å². The molecule has 2 rings (SSSR count). The molecule has 1 aliphatic carbocycles. The molecule has 0 bridgehead atoms. The third kappa shape index (κ3) is 2.50. The van der Waals surface area contributed by atoms with Gasteiger partial charge in [0.05, 0.1) is 11.1 Å². The predicted octanol–water partition coefficient (Wildman–Crippen LogP) is 3.18. The number of hydrogen-bond acceptors (Lipinski definition) is 1. The lowest BCUT2D eigenvalue weighted by Crippen LogP contribution is -2.04. The second kappa shape index (κ2) is 4.50. The molecule has 2 unspecified atom stereocenters. The lowest BCUT2D eigenvalue weighted by molar-refractivity contribution is 0.177. The summed E-state index contributed by atoms with van der Waals surface area (Å²) >= 11 is 5.87. The standard InChI is InChI=1S/C12H14ClFO/c13-12-9(2-1-3-11(12)14)6-8-4-5-10(15)7-8/h1-3,8,10,15H,4-7H2. The van der Waals surface area contributed by atoms with Gasteiger partial charge in [-0.25, -0.2) is 4.39 Å². The number of benzene rings is 1. The number of aliphatic hydroxyl groups excluding tert-OH is 1. The number of hydrogen-bond donors (Lipinski definition) is 1. The molecule has 1 saturated carbocycles. The maximum atomic E-state index is 13.1. The summed E-state index contributed by atoms with van der Waals surface area (Å²) in [4.78, 5) is 0. The molecule has 82 valence electrons. The highest BCUT2D eigenvalue weighted by Crippen LogP contribution is 2.31. The highest BCUT2D eigenvalue weighted by atomic mass is 35.5. The van der Waals surface area contributed by atoms with Gasteiger partial charge >= 0.3 is 0 Å². The molecule has 0 spiro atoms. The van der Waals surface area contributed by atoms with E-state index in [2.05, 4.69) is 0 Å². The molecule has 1 N–H and O–H groups in total. The van der Waals surface area contributed by atoms with Gasteiger partial charge < -0.3 is 5.11 Å². The summed E-state index contributed by atoms with van der Waals surface area (Å²) in [7, 11) is 0. The van der Waals surface area contributed by atoms with Crippen molar-refractivity contribution in [2.24, 2.45) is 5.92 Å². The fourth-order valence-corrected chi connectivity index (χ4v) is 2.45. The summed E-state index contributed by atoms with van der Waals surface area (Å²) in [5, 5.41) is 9.63. The minimum atomic E-state index is -0.354. The van der Waals surface area contributed by atoms with Crippen molar-refractivity contribution in [2.45, 2.75) is 31.8 Å². The fourth-order valence-electron chi connectivity index (χ4n) is 2.25. The van der Waals surface area contributed by atoms with E-state index in [-0.39, 0.29) is 16.9 Å². The van der Waals surface area contributed by atoms with Crippen molar-refractivity contribution < 1.29 is 9.50 Å². The first-order chi connectivity index (χ1) is 7.16. The van der Waals surface area contributed by atoms with Crippen LogP contribution in [0.25, 0.3) is 0 Å². The van der Waals surface area contributed by atoms with Crippen molar-refractivity contribution in [1.82, 2.24) is 0 Å². The summed E-state index contributed by atoms with van der Waals surface area (Å²) < 4.78 is 13.1. The maximum absolute atomic E-state index is 13.1. The topological polar surface area (TPSA) is 20.2 Å². The van der Waals surface area contributed by atoms with Crippen LogP contribution < -0.4 is 0 Å². The predicted molar refractivity (Wildman–Crippen MR) is 58.5 cm³/mol. The van der Waals surface area contributed by atoms with Gasteiger partial charge in [-0.05, 0) is 43.2 Å². The van der Waals surface area contributed by atoms with E-state index in [0.29, 0.717) is 5.92 Å². The van der Waals surface area contributed by atoms with Crippen LogP contribution in [0.3, 0.4) is 0 Å². The van der Waals surface area contributed by atoms with Crippen molar-refractivity contribution in [1.29, 1.82) is 0 Å². The molecular weight excluding hydrogens is 215 g/mol. The number of rotatable bonds is 2. The SMILES string of the molecule is OC1CCC(Cc2cccc(F)c2Cl)C1. The molecule has 2 atom stereocenters. The normalized spacial score (nSPS) is 25.8. The van der Waals surface area contributed by atoms with E-state index in [1.807, 2.05) is 6.07 Å². The molecule has 0 aliphatic heterocycles. The van der Waals surface area contributed by atoms with Gasteiger partial charge in [-0.15, -0.1) is 0 Å². The van der Waals surface area contributed by atoms with Gasteiger partial charge in [-0.2, -0.15) is 0 Å². The Labute approximate surface area is 93.9 Å². The van der Waals surface area contributed by atoms with E-state index in [9.17, 15) is 9.50 Å². The van der Waals surface area contributed by atoms with Crippen LogP contribution in [0.5, 0.6) is 0 Å². The minimum absolute atomic E-state index is 0.178. The largest absolute Gasteiger partial charge is 0.393 e. The zero-order valence-electron chi connectivity index (χ0n) is 8.42. The Balaban J connectivity index is 2.07. The van der Waals surface area contributed by atoms with E-state index in [1.54, 1.807) is 6.07 Å². The van der Waals surface area contributed by atoms with Crippen LogP contribution in [0.1, 0.15) is 24.8 Å². The molecule has 3 heteroatoms.